The Morgan fingerprint density at radius 2 is 2.21 bits per heavy atom. The first kappa shape index (κ1) is 11.5. The molecule has 0 saturated heterocycles. The van der Waals surface area contributed by atoms with Gasteiger partial charge in [0, 0.05) is 5.92 Å². The van der Waals surface area contributed by atoms with Crippen LogP contribution in [0.15, 0.2) is 12.2 Å². The summed E-state index contributed by atoms with van der Waals surface area (Å²) in [7, 11) is 0. The van der Waals surface area contributed by atoms with Crippen LogP contribution in [0.2, 0.25) is 0 Å². The zero-order valence-electron chi connectivity index (χ0n) is 9.24. The molecule has 0 spiro atoms. The minimum absolute atomic E-state index is 0.213. The Morgan fingerprint density at radius 1 is 1.36 bits per heavy atom. The van der Waals surface area contributed by atoms with Crippen LogP contribution in [-0.2, 0) is 4.79 Å². The smallest absolute Gasteiger partial charge is 0.127 e. The molecule has 0 radical (unpaired) electrons. The van der Waals surface area contributed by atoms with Gasteiger partial charge in [0.15, 0.2) is 0 Å². The number of aldehydes is 1. The van der Waals surface area contributed by atoms with Crippen molar-refractivity contribution in [3.63, 3.8) is 0 Å². The molecule has 2 unspecified atom stereocenters. The molecule has 2 atom stereocenters. The van der Waals surface area contributed by atoms with Crippen LogP contribution in [-0.4, -0.2) is 6.29 Å². The van der Waals surface area contributed by atoms with Crippen LogP contribution in [0.1, 0.15) is 51.9 Å². The summed E-state index contributed by atoms with van der Waals surface area (Å²) in [6, 6.07) is 0. The zero-order valence-corrected chi connectivity index (χ0v) is 9.24. The molecule has 0 fully saturated rings. The molecule has 0 aromatic carbocycles. The van der Waals surface area contributed by atoms with Crippen molar-refractivity contribution in [2.24, 2.45) is 11.8 Å². The second-order valence-electron chi connectivity index (χ2n) is 4.33. The van der Waals surface area contributed by atoms with Crippen LogP contribution in [0.25, 0.3) is 0 Å². The van der Waals surface area contributed by atoms with Crippen molar-refractivity contribution in [2.45, 2.75) is 51.9 Å². The Morgan fingerprint density at radius 3 is 2.93 bits per heavy atom. The Labute approximate surface area is 87.6 Å². The lowest BCUT2D eigenvalue weighted by Gasteiger charge is -2.23. The number of carbonyl (C=O) groups is 1. The van der Waals surface area contributed by atoms with Crippen molar-refractivity contribution in [3.05, 3.63) is 12.2 Å². The molecule has 80 valence electrons. The van der Waals surface area contributed by atoms with E-state index in [1.165, 1.54) is 44.9 Å². The lowest BCUT2D eigenvalue weighted by atomic mass is 9.81. The highest BCUT2D eigenvalue weighted by molar-refractivity contribution is 5.57. The quantitative estimate of drug-likeness (QED) is 0.357. The number of hydrogen-bond acceptors (Lipinski definition) is 1. The Kier molecular flexibility index (Phi) is 5.58. The molecule has 0 saturated carbocycles. The highest BCUT2D eigenvalue weighted by Crippen LogP contribution is 2.28. The molecule has 0 heterocycles. The molecule has 1 heteroatoms. The van der Waals surface area contributed by atoms with Crippen molar-refractivity contribution in [3.8, 4) is 0 Å². The van der Waals surface area contributed by atoms with Crippen LogP contribution in [0.3, 0.4) is 0 Å². The maximum Gasteiger partial charge on any atom is 0.127 e. The Hall–Kier alpha value is -0.590. The largest absolute Gasteiger partial charge is 0.303 e. The third kappa shape index (κ3) is 3.65. The van der Waals surface area contributed by atoms with Gasteiger partial charge in [0.2, 0.25) is 0 Å². The second-order valence-corrected chi connectivity index (χ2v) is 4.33. The van der Waals surface area contributed by atoms with Crippen LogP contribution >= 0.6 is 0 Å². The van der Waals surface area contributed by atoms with Gasteiger partial charge in [-0.15, -0.1) is 0 Å². The maximum absolute atomic E-state index is 10.8. The van der Waals surface area contributed by atoms with Crippen LogP contribution in [0.5, 0.6) is 0 Å². The number of hydrogen-bond donors (Lipinski definition) is 0. The van der Waals surface area contributed by atoms with E-state index in [-0.39, 0.29) is 5.92 Å². The molecule has 1 aliphatic carbocycles. The van der Waals surface area contributed by atoms with E-state index >= 15 is 0 Å². The summed E-state index contributed by atoms with van der Waals surface area (Å²) in [6.45, 7) is 2.23. The van der Waals surface area contributed by atoms with Crippen molar-refractivity contribution >= 4 is 6.29 Å². The van der Waals surface area contributed by atoms with Gasteiger partial charge in [0.25, 0.3) is 0 Å². The molecule has 0 aromatic heterocycles. The van der Waals surface area contributed by atoms with Gasteiger partial charge in [-0.1, -0.05) is 44.8 Å². The summed E-state index contributed by atoms with van der Waals surface area (Å²) >= 11 is 0. The SMILES string of the molecule is CCCCCCC1CCC=CC1C=O. The molecule has 0 bridgehead atoms. The van der Waals surface area contributed by atoms with Gasteiger partial charge >= 0.3 is 0 Å². The molecule has 1 aliphatic rings. The van der Waals surface area contributed by atoms with Crippen LogP contribution in [0.4, 0.5) is 0 Å². The van der Waals surface area contributed by atoms with E-state index < -0.39 is 0 Å². The van der Waals surface area contributed by atoms with Gasteiger partial charge in [-0.05, 0) is 25.2 Å². The lowest BCUT2D eigenvalue weighted by molar-refractivity contribution is -0.111. The molecule has 0 amide bonds. The highest BCUT2D eigenvalue weighted by atomic mass is 16.1. The normalized spacial score (nSPS) is 26.4. The average molecular weight is 194 g/mol. The summed E-state index contributed by atoms with van der Waals surface area (Å²) in [4.78, 5) is 10.8. The lowest BCUT2D eigenvalue weighted by Crippen LogP contribution is -2.16. The van der Waals surface area contributed by atoms with E-state index in [0.717, 1.165) is 6.29 Å². The topological polar surface area (TPSA) is 17.1 Å². The molecular formula is C13H22O. The summed E-state index contributed by atoms with van der Waals surface area (Å²) in [6.07, 6.45) is 14.3. The molecule has 0 aromatic rings. The first-order valence-electron chi connectivity index (χ1n) is 6.00. The number of carbonyl (C=O) groups excluding carboxylic acids is 1. The Bertz CT molecular complexity index is 184. The zero-order chi connectivity index (χ0) is 10.2. The van der Waals surface area contributed by atoms with Crippen molar-refractivity contribution in [2.75, 3.05) is 0 Å². The minimum atomic E-state index is 0.213. The van der Waals surface area contributed by atoms with E-state index in [1.54, 1.807) is 0 Å². The second kappa shape index (κ2) is 6.80. The van der Waals surface area contributed by atoms with Crippen LogP contribution < -0.4 is 0 Å². The van der Waals surface area contributed by atoms with Crippen molar-refractivity contribution < 1.29 is 4.79 Å². The van der Waals surface area contributed by atoms with E-state index in [9.17, 15) is 4.79 Å². The number of allylic oxidation sites excluding steroid dienone is 2. The van der Waals surface area contributed by atoms with E-state index in [1.807, 2.05) is 0 Å². The maximum atomic E-state index is 10.8. The van der Waals surface area contributed by atoms with Crippen LogP contribution in [0, 0.1) is 11.8 Å². The Balaban J connectivity index is 2.21. The molecule has 1 rings (SSSR count). The van der Waals surface area contributed by atoms with Gasteiger partial charge in [0.05, 0.1) is 0 Å². The third-order valence-corrected chi connectivity index (χ3v) is 3.19. The molecule has 1 nitrogen and oxygen atoms in total. The molecule has 0 aliphatic heterocycles. The fraction of sp³-hybridized carbons (Fsp3) is 0.769. The monoisotopic (exact) mass is 194 g/mol. The minimum Gasteiger partial charge on any atom is -0.303 e. The van der Waals surface area contributed by atoms with Crippen molar-refractivity contribution in [1.29, 1.82) is 0 Å². The first-order valence-corrected chi connectivity index (χ1v) is 6.00. The van der Waals surface area contributed by atoms with Gasteiger partial charge in [0.1, 0.15) is 6.29 Å². The first-order chi connectivity index (χ1) is 6.88. The van der Waals surface area contributed by atoms with Gasteiger partial charge in [-0.25, -0.2) is 0 Å². The predicted molar refractivity (Wildman–Crippen MR) is 60.2 cm³/mol. The predicted octanol–water partition coefficient (Wildman–Crippen LogP) is 3.74. The van der Waals surface area contributed by atoms with E-state index in [0.29, 0.717) is 5.92 Å². The standard InChI is InChI=1S/C13H22O/c1-2-3-4-5-8-12-9-6-7-10-13(12)11-14/h7,10-13H,2-6,8-9H2,1H3. The van der Waals surface area contributed by atoms with E-state index in [2.05, 4.69) is 19.1 Å². The van der Waals surface area contributed by atoms with E-state index in [4.69, 9.17) is 0 Å². The number of unbranched alkanes of at least 4 members (excludes halogenated alkanes) is 3. The fourth-order valence-electron chi connectivity index (χ4n) is 2.24. The fourth-order valence-corrected chi connectivity index (χ4v) is 2.24. The van der Waals surface area contributed by atoms with Gasteiger partial charge < -0.3 is 4.79 Å². The van der Waals surface area contributed by atoms with Crippen molar-refractivity contribution in [1.82, 2.24) is 0 Å². The molecule has 0 N–H and O–H groups in total. The molecular weight excluding hydrogens is 172 g/mol. The average Bonchev–Trinajstić information content (AvgIpc) is 2.25. The summed E-state index contributed by atoms with van der Waals surface area (Å²) in [5.74, 6) is 0.847. The third-order valence-electron chi connectivity index (χ3n) is 3.19. The summed E-state index contributed by atoms with van der Waals surface area (Å²) < 4.78 is 0. The molecule has 14 heavy (non-hydrogen) atoms. The van der Waals surface area contributed by atoms with Gasteiger partial charge in [-0.3, -0.25) is 0 Å². The highest BCUT2D eigenvalue weighted by Gasteiger charge is 2.19. The van der Waals surface area contributed by atoms with Gasteiger partial charge in [-0.2, -0.15) is 0 Å². The summed E-state index contributed by atoms with van der Waals surface area (Å²) in [5.41, 5.74) is 0. The number of rotatable bonds is 6. The summed E-state index contributed by atoms with van der Waals surface area (Å²) in [5, 5.41) is 0.